The second-order valence-corrected chi connectivity index (χ2v) is 4.11. The summed E-state index contributed by atoms with van der Waals surface area (Å²) in [7, 11) is 0. The molecular weight excluding hydrogens is 212 g/mol. The molecule has 2 heterocycles. The van der Waals surface area contributed by atoms with Gasteiger partial charge in [-0.05, 0) is 31.2 Å². The molecule has 3 aromatic rings. The molecule has 0 unspecified atom stereocenters. The number of nitrogens with zero attached hydrogens (tertiary/aromatic N) is 1. The Morgan fingerprint density at radius 2 is 2.18 bits per heavy atom. The Kier molecular flexibility index (Phi) is 2.33. The van der Waals surface area contributed by atoms with Gasteiger partial charge in [0.15, 0.2) is 0 Å². The van der Waals surface area contributed by atoms with Crippen molar-refractivity contribution in [1.82, 2.24) is 15.0 Å². The summed E-state index contributed by atoms with van der Waals surface area (Å²) in [6.45, 7) is 2.77. The normalized spacial score (nSPS) is 10.9. The summed E-state index contributed by atoms with van der Waals surface area (Å²) >= 11 is 0. The van der Waals surface area contributed by atoms with Crippen molar-refractivity contribution in [2.45, 2.75) is 13.5 Å². The maximum absolute atomic E-state index is 4.26. The molecule has 0 radical (unpaired) electrons. The third-order valence-corrected chi connectivity index (χ3v) is 2.95. The molecule has 0 saturated carbocycles. The van der Waals surface area contributed by atoms with Gasteiger partial charge in [-0.15, -0.1) is 0 Å². The topological polar surface area (TPSA) is 56.5 Å². The molecule has 17 heavy (non-hydrogen) atoms. The highest BCUT2D eigenvalue weighted by molar-refractivity contribution is 5.82. The molecule has 0 amide bonds. The summed E-state index contributed by atoms with van der Waals surface area (Å²) in [6.07, 6.45) is 3.67. The monoisotopic (exact) mass is 226 g/mol. The zero-order valence-electron chi connectivity index (χ0n) is 9.62. The molecule has 0 aliphatic heterocycles. The molecule has 2 aromatic heterocycles. The Labute approximate surface area is 99.1 Å². The number of aromatic amines is 2. The molecule has 0 aliphatic carbocycles. The SMILES string of the molecule is Cc1[nH]cnc1CNc1ccc2[nH]ccc2c1. The van der Waals surface area contributed by atoms with Crippen LogP contribution in [-0.2, 0) is 6.54 Å². The molecule has 0 spiro atoms. The number of nitrogens with one attached hydrogen (secondary N) is 3. The van der Waals surface area contributed by atoms with Crippen molar-refractivity contribution in [2.24, 2.45) is 0 Å². The first-order valence-electron chi connectivity index (χ1n) is 5.63. The van der Waals surface area contributed by atoms with Crippen molar-refractivity contribution < 1.29 is 0 Å². The largest absolute Gasteiger partial charge is 0.379 e. The van der Waals surface area contributed by atoms with E-state index < -0.39 is 0 Å². The minimum absolute atomic E-state index is 0.741. The third-order valence-electron chi connectivity index (χ3n) is 2.95. The first-order chi connectivity index (χ1) is 8.33. The lowest BCUT2D eigenvalue weighted by molar-refractivity contribution is 1.05. The number of anilines is 1. The average Bonchev–Trinajstić information content (AvgIpc) is 2.94. The van der Waals surface area contributed by atoms with E-state index in [1.165, 1.54) is 5.39 Å². The number of imidazole rings is 1. The lowest BCUT2D eigenvalue weighted by Gasteiger charge is -2.05. The Balaban J connectivity index is 1.78. The summed E-state index contributed by atoms with van der Waals surface area (Å²) in [5.74, 6) is 0. The van der Waals surface area contributed by atoms with E-state index in [2.05, 4.69) is 44.5 Å². The smallest absolute Gasteiger partial charge is 0.0925 e. The van der Waals surface area contributed by atoms with E-state index in [1.54, 1.807) is 6.33 Å². The van der Waals surface area contributed by atoms with Crippen LogP contribution in [0.25, 0.3) is 10.9 Å². The van der Waals surface area contributed by atoms with Crippen LogP contribution in [0.5, 0.6) is 0 Å². The molecule has 0 aliphatic rings. The van der Waals surface area contributed by atoms with Gasteiger partial charge in [-0.1, -0.05) is 0 Å². The molecule has 3 rings (SSSR count). The highest BCUT2D eigenvalue weighted by Gasteiger charge is 2.01. The Morgan fingerprint density at radius 3 is 3.00 bits per heavy atom. The zero-order chi connectivity index (χ0) is 11.7. The Hall–Kier alpha value is -2.23. The van der Waals surface area contributed by atoms with Crippen molar-refractivity contribution in [1.29, 1.82) is 0 Å². The number of hydrogen-bond acceptors (Lipinski definition) is 2. The van der Waals surface area contributed by atoms with Gasteiger partial charge < -0.3 is 15.3 Å². The third kappa shape index (κ3) is 1.89. The predicted octanol–water partition coefficient (Wildman–Crippen LogP) is 2.81. The van der Waals surface area contributed by atoms with Crippen LogP contribution in [0.1, 0.15) is 11.4 Å². The van der Waals surface area contributed by atoms with E-state index in [0.717, 1.165) is 29.1 Å². The molecule has 4 heteroatoms. The van der Waals surface area contributed by atoms with Crippen molar-refractivity contribution in [3.63, 3.8) is 0 Å². The molecule has 0 saturated heterocycles. The number of benzene rings is 1. The van der Waals surface area contributed by atoms with Crippen molar-refractivity contribution in [3.05, 3.63) is 48.2 Å². The number of aryl methyl sites for hydroxylation is 1. The van der Waals surface area contributed by atoms with Crippen molar-refractivity contribution in [2.75, 3.05) is 5.32 Å². The minimum Gasteiger partial charge on any atom is -0.379 e. The second-order valence-electron chi connectivity index (χ2n) is 4.11. The highest BCUT2D eigenvalue weighted by atomic mass is 14.9. The standard InChI is InChI=1S/C13H14N4/c1-9-13(17-8-16-9)7-15-11-2-3-12-10(6-11)4-5-14-12/h2-6,8,14-15H,7H2,1H3,(H,16,17). The zero-order valence-corrected chi connectivity index (χ0v) is 9.62. The summed E-state index contributed by atoms with van der Waals surface area (Å²) in [5.41, 5.74) is 4.44. The van der Waals surface area contributed by atoms with Crippen molar-refractivity contribution >= 4 is 16.6 Å². The van der Waals surface area contributed by atoms with Crippen LogP contribution in [0.3, 0.4) is 0 Å². The summed E-state index contributed by atoms with van der Waals surface area (Å²) < 4.78 is 0. The summed E-state index contributed by atoms with van der Waals surface area (Å²) in [6, 6.07) is 8.35. The quantitative estimate of drug-likeness (QED) is 0.643. The van der Waals surface area contributed by atoms with Gasteiger partial charge in [0.1, 0.15) is 0 Å². The first kappa shape index (κ1) is 9.96. The van der Waals surface area contributed by atoms with Gasteiger partial charge in [0.2, 0.25) is 0 Å². The van der Waals surface area contributed by atoms with E-state index >= 15 is 0 Å². The Bertz CT molecular complexity index is 635. The summed E-state index contributed by atoms with van der Waals surface area (Å²) in [5, 5.41) is 4.59. The van der Waals surface area contributed by atoms with Crippen LogP contribution in [0, 0.1) is 6.92 Å². The number of H-pyrrole nitrogens is 2. The second kappa shape index (κ2) is 3.97. The fraction of sp³-hybridized carbons (Fsp3) is 0.154. The van der Waals surface area contributed by atoms with Crippen LogP contribution >= 0.6 is 0 Å². The van der Waals surface area contributed by atoms with Gasteiger partial charge in [-0.2, -0.15) is 0 Å². The van der Waals surface area contributed by atoms with E-state index in [1.807, 2.05) is 13.1 Å². The average molecular weight is 226 g/mol. The summed E-state index contributed by atoms with van der Waals surface area (Å²) in [4.78, 5) is 10.5. The number of fused-ring (bicyclic) bond motifs is 1. The van der Waals surface area contributed by atoms with Crippen LogP contribution in [0.15, 0.2) is 36.8 Å². The molecule has 0 atom stereocenters. The van der Waals surface area contributed by atoms with Crippen LogP contribution in [0.4, 0.5) is 5.69 Å². The van der Waals surface area contributed by atoms with E-state index in [4.69, 9.17) is 0 Å². The van der Waals surface area contributed by atoms with Crippen LogP contribution in [0.2, 0.25) is 0 Å². The van der Waals surface area contributed by atoms with E-state index in [9.17, 15) is 0 Å². The molecule has 1 aromatic carbocycles. The maximum Gasteiger partial charge on any atom is 0.0925 e. The number of aromatic nitrogens is 3. The minimum atomic E-state index is 0.741. The Morgan fingerprint density at radius 1 is 1.24 bits per heavy atom. The molecule has 86 valence electrons. The molecule has 0 bridgehead atoms. The van der Waals surface area contributed by atoms with E-state index in [0.29, 0.717) is 0 Å². The van der Waals surface area contributed by atoms with Crippen molar-refractivity contribution in [3.8, 4) is 0 Å². The van der Waals surface area contributed by atoms with E-state index in [-0.39, 0.29) is 0 Å². The molecular formula is C13H14N4. The highest BCUT2D eigenvalue weighted by Crippen LogP contribution is 2.18. The van der Waals surface area contributed by atoms with Crippen LogP contribution < -0.4 is 5.32 Å². The van der Waals surface area contributed by atoms with Crippen LogP contribution in [-0.4, -0.2) is 15.0 Å². The lowest BCUT2D eigenvalue weighted by Crippen LogP contribution is -2.00. The predicted molar refractivity (Wildman–Crippen MR) is 69.0 cm³/mol. The van der Waals surface area contributed by atoms with Gasteiger partial charge in [0.05, 0.1) is 18.6 Å². The fourth-order valence-corrected chi connectivity index (χ4v) is 1.91. The van der Waals surface area contributed by atoms with Gasteiger partial charge in [-0.3, -0.25) is 0 Å². The lowest BCUT2D eigenvalue weighted by atomic mass is 10.2. The molecule has 3 N–H and O–H groups in total. The van der Waals surface area contributed by atoms with Gasteiger partial charge in [-0.25, -0.2) is 4.98 Å². The molecule has 0 fully saturated rings. The fourth-order valence-electron chi connectivity index (χ4n) is 1.91. The van der Waals surface area contributed by atoms with Gasteiger partial charge in [0.25, 0.3) is 0 Å². The van der Waals surface area contributed by atoms with Gasteiger partial charge >= 0.3 is 0 Å². The number of rotatable bonds is 3. The number of hydrogen-bond donors (Lipinski definition) is 3. The first-order valence-corrected chi connectivity index (χ1v) is 5.63. The molecule has 4 nitrogen and oxygen atoms in total. The maximum atomic E-state index is 4.26. The van der Waals surface area contributed by atoms with Gasteiger partial charge in [0, 0.05) is 28.5 Å².